The Hall–Kier alpha value is -1.36. The quantitative estimate of drug-likeness (QED) is 0.924. The average Bonchev–Trinajstić information content (AvgIpc) is 3.05. The third-order valence-electron chi connectivity index (χ3n) is 3.88. The second kappa shape index (κ2) is 6.18. The lowest BCUT2D eigenvalue weighted by Gasteiger charge is -2.35. The fourth-order valence-electron chi connectivity index (χ4n) is 2.64. The Morgan fingerprint density at radius 3 is 2.52 bits per heavy atom. The van der Waals surface area contributed by atoms with E-state index in [0.717, 1.165) is 10.6 Å². The summed E-state index contributed by atoms with van der Waals surface area (Å²) in [5.74, 6) is 0.0376. The number of halogens is 1. The van der Waals surface area contributed by atoms with E-state index in [2.05, 4.69) is 5.32 Å². The monoisotopic (exact) mass is 321 g/mol. The molecule has 1 aromatic carbocycles. The van der Waals surface area contributed by atoms with Crippen molar-refractivity contribution in [1.29, 1.82) is 0 Å². The molecule has 0 aliphatic carbocycles. The number of ether oxygens (including phenoxy) is 1. The minimum absolute atomic E-state index is 0.0376. The lowest BCUT2D eigenvalue weighted by molar-refractivity contribution is -0.125. The maximum atomic E-state index is 12.9. The van der Waals surface area contributed by atoms with Crippen LogP contribution in [-0.4, -0.2) is 19.1 Å². The van der Waals surface area contributed by atoms with Crippen LogP contribution in [0.2, 0.25) is 5.02 Å². The molecule has 0 spiro atoms. The molecule has 1 amide bonds. The van der Waals surface area contributed by atoms with Crippen molar-refractivity contribution in [2.75, 3.05) is 18.5 Å². The van der Waals surface area contributed by atoms with Crippen molar-refractivity contribution in [3.05, 3.63) is 51.7 Å². The third-order valence-corrected chi connectivity index (χ3v) is 5.20. The predicted octanol–water partition coefficient (Wildman–Crippen LogP) is 4.09. The van der Waals surface area contributed by atoms with E-state index in [1.165, 1.54) is 0 Å². The molecule has 1 fully saturated rings. The van der Waals surface area contributed by atoms with Crippen LogP contribution in [-0.2, 0) is 14.9 Å². The van der Waals surface area contributed by atoms with Crippen LogP contribution in [0.5, 0.6) is 0 Å². The molecular formula is C16H16ClNO2S. The largest absolute Gasteiger partial charge is 0.381 e. The van der Waals surface area contributed by atoms with Crippen molar-refractivity contribution in [2.45, 2.75) is 18.3 Å². The van der Waals surface area contributed by atoms with Crippen LogP contribution in [0.25, 0.3) is 0 Å². The van der Waals surface area contributed by atoms with Gasteiger partial charge in [0.2, 0.25) is 5.91 Å². The maximum Gasteiger partial charge on any atom is 0.236 e. The summed E-state index contributed by atoms with van der Waals surface area (Å²) in [4.78, 5) is 14.0. The normalized spacial score (nSPS) is 17.4. The van der Waals surface area contributed by atoms with Gasteiger partial charge < -0.3 is 10.1 Å². The van der Waals surface area contributed by atoms with E-state index >= 15 is 0 Å². The predicted molar refractivity (Wildman–Crippen MR) is 86.1 cm³/mol. The molecule has 1 saturated heterocycles. The number of carbonyl (C=O) groups excluding carboxylic acids is 1. The van der Waals surface area contributed by atoms with Gasteiger partial charge in [0.05, 0.1) is 5.41 Å². The fourth-order valence-corrected chi connectivity index (χ4v) is 3.75. The Morgan fingerprint density at radius 2 is 1.90 bits per heavy atom. The molecule has 3 rings (SSSR count). The van der Waals surface area contributed by atoms with Crippen LogP contribution < -0.4 is 5.32 Å². The summed E-state index contributed by atoms with van der Waals surface area (Å²) in [5, 5.41) is 5.70. The molecule has 1 aliphatic rings. The summed E-state index contributed by atoms with van der Waals surface area (Å²) in [7, 11) is 0. The smallest absolute Gasteiger partial charge is 0.236 e. The Bertz CT molecular complexity index is 604. The zero-order chi connectivity index (χ0) is 14.7. The van der Waals surface area contributed by atoms with E-state index < -0.39 is 5.41 Å². The molecule has 0 bridgehead atoms. The molecule has 0 radical (unpaired) electrons. The molecule has 1 N–H and O–H groups in total. The molecule has 110 valence electrons. The van der Waals surface area contributed by atoms with Gasteiger partial charge in [-0.05, 0) is 48.6 Å². The summed E-state index contributed by atoms with van der Waals surface area (Å²) < 4.78 is 5.45. The highest BCUT2D eigenvalue weighted by molar-refractivity contribution is 7.10. The minimum Gasteiger partial charge on any atom is -0.381 e. The van der Waals surface area contributed by atoms with Gasteiger partial charge in [0.1, 0.15) is 0 Å². The molecule has 21 heavy (non-hydrogen) atoms. The lowest BCUT2D eigenvalue weighted by Crippen LogP contribution is -2.44. The number of amides is 1. The van der Waals surface area contributed by atoms with Gasteiger partial charge in [-0.1, -0.05) is 17.7 Å². The van der Waals surface area contributed by atoms with E-state index in [4.69, 9.17) is 16.3 Å². The SMILES string of the molecule is O=C(Nc1ccc(Cl)cc1)C1(c2cccs2)CCOCC1. The minimum atomic E-state index is -0.480. The number of thiophene rings is 1. The second-order valence-electron chi connectivity index (χ2n) is 5.13. The zero-order valence-corrected chi connectivity index (χ0v) is 13.0. The molecule has 2 aromatic rings. The van der Waals surface area contributed by atoms with Crippen molar-refractivity contribution >= 4 is 34.5 Å². The summed E-state index contributed by atoms with van der Waals surface area (Å²) >= 11 is 7.51. The first-order chi connectivity index (χ1) is 10.2. The van der Waals surface area contributed by atoms with E-state index in [-0.39, 0.29) is 5.91 Å². The number of carbonyl (C=O) groups is 1. The molecule has 1 aliphatic heterocycles. The first kappa shape index (κ1) is 14.6. The fraction of sp³-hybridized carbons (Fsp3) is 0.312. The number of hydrogen-bond donors (Lipinski definition) is 1. The topological polar surface area (TPSA) is 38.3 Å². The van der Waals surface area contributed by atoms with Gasteiger partial charge in [0.25, 0.3) is 0 Å². The van der Waals surface area contributed by atoms with Crippen molar-refractivity contribution < 1.29 is 9.53 Å². The number of nitrogens with one attached hydrogen (secondary N) is 1. The van der Waals surface area contributed by atoms with Crippen molar-refractivity contribution in [1.82, 2.24) is 0 Å². The number of rotatable bonds is 3. The number of anilines is 1. The van der Waals surface area contributed by atoms with Gasteiger partial charge in [-0.2, -0.15) is 0 Å². The van der Waals surface area contributed by atoms with Crippen LogP contribution in [0.1, 0.15) is 17.7 Å². The highest BCUT2D eigenvalue weighted by Crippen LogP contribution is 2.38. The van der Waals surface area contributed by atoms with Gasteiger partial charge in [-0.15, -0.1) is 11.3 Å². The van der Waals surface area contributed by atoms with Crippen LogP contribution in [0.3, 0.4) is 0 Å². The highest BCUT2D eigenvalue weighted by atomic mass is 35.5. The number of hydrogen-bond acceptors (Lipinski definition) is 3. The van der Waals surface area contributed by atoms with E-state index in [9.17, 15) is 4.79 Å². The van der Waals surface area contributed by atoms with Crippen molar-refractivity contribution in [2.24, 2.45) is 0 Å². The summed E-state index contributed by atoms with van der Waals surface area (Å²) in [6, 6.07) is 11.2. The zero-order valence-electron chi connectivity index (χ0n) is 11.5. The number of benzene rings is 1. The molecule has 2 heterocycles. The summed E-state index contributed by atoms with van der Waals surface area (Å²) in [5.41, 5.74) is 0.290. The van der Waals surface area contributed by atoms with Crippen LogP contribution in [0, 0.1) is 0 Å². The molecular weight excluding hydrogens is 306 g/mol. The maximum absolute atomic E-state index is 12.9. The second-order valence-corrected chi connectivity index (χ2v) is 6.52. The highest BCUT2D eigenvalue weighted by Gasteiger charge is 2.42. The molecule has 3 nitrogen and oxygen atoms in total. The molecule has 0 atom stereocenters. The van der Waals surface area contributed by atoms with Crippen molar-refractivity contribution in [3.8, 4) is 0 Å². The molecule has 1 aromatic heterocycles. The standard InChI is InChI=1S/C16H16ClNO2S/c17-12-3-5-13(6-4-12)18-15(19)16(7-9-20-10-8-16)14-2-1-11-21-14/h1-6,11H,7-10H2,(H,18,19). The van der Waals surface area contributed by atoms with Gasteiger partial charge in [0.15, 0.2) is 0 Å². The van der Waals surface area contributed by atoms with Crippen LogP contribution >= 0.6 is 22.9 Å². The Labute approximate surface area is 132 Å². The Kier molecular flexibility index (Phi) is 4.29. The van der Waals surface area contributed by atoms with Crippen LogP contribution in [0.4, 0.5) is 5.69 Å². The van der Waals surface area contributed by atoms with Gasteiger partial charge in [0, 0.05) is 28.8 Å². The van der Waals surface area contributed by atoms with E-state index in [1.54, 1.807) is 23.5 Å². The van der Waals surface area contributed by atoms with Gasteiger partial charge >= 0.3 is 0 Å². The first-order valence-electron chi connectivity index (χ1n) is 6.89. The first-order valence-corrected chi connectivity index (χ1v) is 8.15. The summed E-state index contributed by atoms with van der Waals surface area (Å²) in [6.07, 6.45) is 1.43. The van der Waals surface area contributed by atoms with Crippen LogP contribution in [0.15, 0.2) is 41.8 Å². The third kappa shape index (κ3) is 2.98. The Morgan fingerprint density at radius 1 is 1.19 bits per heavy atom. The van der Waals surface area contributed by atoms with Gasteiger partial charge in [-0.25, -0.2) is 0 Å². The lowest BCUT2D eigenvalue weighted by atomic mass is 9.78. The molecule has 0 saturated carbocycles. The van der Waals surface area contributed by atoms with Gasteiger partial charge in [-0.3, -0.25) is 4.79 Å². The van der Waals surface area contributed by atoms with E-state index in [0.29, 0.717) is 31.1 Å². The van der Waals surface area contributed by atoms with E-state index in [1.807, 2.05) is 29.6 Å². The molecule has 5 heteroatoms. The van der Waals surface area contributed by atoms with Crippen molar-refractivity contribution in [3.63, 3.8) is 0 Å². The Balaban J connectivity index is 1.86. The average molecular weight is 322 g/mol. The summed E-state index contributed by atoms with van der Waals surface area (Å²) in [6.45, 7) is 1.23. The molecule has 0 unspecified atom stereocenters.